The van der Waals surface area contributed by atoms with Gasteiger partial charge in [-0.15, -0.1) is 0 Å². The molecular weight excluding hydrogens is 487 g/mol. The van der Waals surface area contributed by atoms with Crippen LogP contribution in [0.2, 0.25) is 13.3 Å². The fourth-order valence-corrected chi connectivity index (χ4v) is 20.4. The van der Waals surface area contributed by atoms with Crippen molar-refractivity contribution in [2.24, 2.45) is 11.8 Å². The first-order valence-electron chi connectivity index (χ1n) is 13.2. The van der Waals surface area contributed by atoms with Crippen LogP contribution in [-0.2, 0) is 0 Å². The van der Waals surface area contributed by atoms with Gasteiger partial charge < -0.3 is 0 Å². The molecule has 0 aromatic carbocycles. The van der Waals surface area contributed by atoms with Crippen molar-refractivity contribution in [1.29, 1.82) is 0 Å². The van der Waals surface area contributed by atoms with E-state index in [2.05, 4.69) is 58.6 Å². The van der Waals surface area contributed by atoms with Crippen molar-refractivity contribution in [1.82, 2.24) is 0 Å². The zero-order valence-corrected chi connectivity index (χ0v) is 25.4. The van der Waals surface area contributed by atoms with Crippen LogP contribution >= 0.6 is 0 Å². The van der Waals surface area contributed by atoms with Gasteiger partial charge in [-0.25, -0.2) is 0 Å². The van der Waals surface area contributed by atoms with Gasteiger partial charge in [-0.3, -0.25) is 0 Å². The summed E-state index contributed by atoms with van der Waals surface area (Å²) in [5.41, 5.74) is -0.592. The molecule has 0 aliphatic heterocycles. The molecule has 0 saturated heterocycles. The van der Waals surface area contributed by atoms with E-state index in [-0.39, 0.29) is 0 Å². The van der Waals surface area contributed by atoms with Gasteiger partial charge >= 0.3 is 200 Å². The van der Waals surface area contributed by atoms with Crippen molar-refractivity contribution < 1.29 is 10.2 Å². The van der Waals surface area contributed by atoms with Crippen LogP contribution in [0.3, 0.4) is 0 Å². The molecule has 0 heterocycles. The standard InChI is InChI=1S/C16H29O2.3C4H9.Sn/c1-12(2)10-15(6,17)9-8-14(5)16(7,18)11-13(3)4;3*1-3-4-2;/h5,8-9,12-13,17-18H,10-11H2,1-4,6-7H3;3*1,3-4H2,2H3;/b9-8+,14-5?;;;;. The Labute approximate surface area is 199 Å². The van der Waals surface area contributed by atoms with Crippen molar-refractivity contribution in [3.05, 3.63) is 21.8 Å². The second-order valence-corrected chi connectivity index (χ2v) is 24.3. The molecule has 184 valence electrons. The van der Waals surface area contributed by atoms with Crippen molar-refractivity contribution in [2.75, 3.05) is 0 Å². The molecule has 0 aliphatic rings. The summed E-state index contributed by atoms with van der Waals surface area (Å²) in [7, 11) is 0. The second kappa shape index (κ2) is 15.2. The Hall–Kier alpha value is 0.199. The SMILES string of the molecule is CCC[CH2][Sn](/[CH]=C(\C=C\C(C)(O)CC(C)C)C(C)(O)CC(C)C)([CH2]CCC)[CH2]CCC. The third-order valence-corrected chi connectivity index (χ3v) is 20.6. The molecule has 0 radical (unpaired) electrons. The summed E-state index contributed by atoms with van der Waals surface area (Å²) < 4.78 is 6.81. The Balaban J connectivity index is 6.38. The second-order valence-electron chi connectivity index (χ2n) is 11.4. The van der Waals surface area contributed by atoms with Gasteiger partial charge in [-0.05, 0) is 0 Å². The minimum atomic E-state index is -2.59. The van der Waals surface area contributed by atoms with Crippen LogP contribution in [0.25, 0.3) is 0 Å². The van der Waals surface area contributed by atoms with E-state index in [1.54, 1.807) is 0 Å². The van der Waals surface area contributed by atoms with E-state index < -0.39 is 29.6 Å². The summed E-state index contributed by atoms with van der Waals surface area (Å²) in [5, 5.41) is 22.5. The Morgan fingerprint density at radius 2 is 1.19 bits per heavy atom. The van der Waals surface area contributed by atoms with Crippen LogP contribution in [0, 0.1) is 11.8 Å². The topological polar surface area (TPSA) is 40.5 Å². The maximum atomic E-state index is 11.6. The molecular formula is C28H56O2Sn. The first kappa shape index (κ1) is 31.2. The third kappa shape index (κ3) is 13.5. The molecule has 2 N–H and O–H groups in total. The van der Waals surface area contributed by atoms with Crippen LogP contribution in [0.1, 0.15) is 114 Å². The summed E-state index contributed by atoms with van der Waals surface area (Å²) in [6.45, 7) is 19.5. The Morgan fingerprint density at radius 1 is 0.774 bits per heavy atom. The van der Waals surface area contributed by atoms with Crippen molar-refractivity contribution in [2.45, 2.75) is 138 Å². The molecule has 31 heavy (non-hydrogen) atoms. The first-order chi connectivity index (χ1) is 14.3. The van der Waals surface area contributed by atoms with Crippen LogP contribution in [0.4, 0.5) is 0 Å². The summed E-state index contributed by atoms with van der Waals surface area (Å²) in [6.07, 6.45) is 13.2. The van der Waals surface area contributed by atoms with Gasteiger partial charge in [0.2, 0.25) is 0 Å². The number of rotatable bonds is 17. The van der Waals surface area contributed by atoms with Gasteiger partial charge in [0.25, 0.3) is 0 Å². The van der Waals surface area contributed by atoms with Crippen LogP contribution < -0.4 is 0 Å². The maximum absolute atomic E-state index is 11.6. The van der Waals surface area contributed by atoms with E-state index >= 15 is 0 Å². The summed E-state index contributed by atoms with van der Waals surface area (Å²) in [4.78, 5) is 0. The molecule has 2 atom stereocenters. The molecule has 0 aliphatic carbocycles. The summed E-state index contributed by atoms with van der Waals surface area (Å²) in [5.74, 6) is 0.856. The number of unbranched alkanes of at least 4 members (excludes halogenated alkanes) is 3. The van der Waals surface area contributed by atoms with E-state index in [9.17, 15) is 10.2 Å². The average molecular weight is 543 g/mol. The molecule has 0 aromatic rings. The Bertz CT molecular complexity index is 507. The van der Waals surface area contributed by atoms with Crippen molar-refractivity contribution in [3.8, 4) is 0 Å². The van der Waals surface area contributed by atoms with Gasteiger partial charge in [0.05, 0.1) is 0 Å². The zero-order chi connectivity index (χ0) is 24.1. The molecule has 0 spiro atoms. The molecule has 3 heteroatoms. The van der Waals surface area contributed by atoms with Gasteiger partial charge in [0, 0.05) is 0 Å². The number of hydrogen-bond acceptors (Lipinski definition) is 2. The van der Waals surface area contributed by atoms with E-state index in [1.165, 1.54) is 51.8 Å². The van der Waals surface area contributed by atoms with E-state index in [0.717, 1.165) is 18.4 Å². The number of hydrogen-bond donors (Lipinski definition) is 2. The van der Waals surface area contributed by atoms with Gasteiger partial charge in [-0.2, -0.15) is 0 Å². The normalized spacial score (nSPS) is 17.5. The molecule has 0 aromatic heterocycles. The monoisotopic (exact) mass is 544 g/mol. The van der Waals surface area contributed by atoms with Gasteiger partial charge in [-0.1, -0.05) is 0 Å². The quantitative estimate of drug-likeness (QED) is 0.143. The van der Waals surface area contributed by atoms with Crippen LogP contribution in [0.5, 0.6) is 0 Å². The summed E-state index contributed by atoms with van der Waals surface area (Å²) in [6, 6.07) is 0. The Morgan fingerprint density at radius 3 is 1.55 bits per heavy atom. The fourth-order valence-electron chi connectivity index (χ4n) is 4.97. The minimum absolute atomic E-state index is 0.425. The van der Waals surface area contributed by atoms with E-state index in [4.69, 9.17) is 0 Å². The van der Waals surface area contributed by atoms with Gasteiger partial charge in [0.1, 0.15) is 0 Å². The average Bonchev–Trinajstić information content (AvgIpc) is 2.63. The fraction of sp³-hybridized carbons (Fsp3) is 0.857. The van der Waals surface area contributed by atoms with Crippen LogP contribution in [0.15, 0.2) is 21.8 Å². The summed E-state index contributed by atoms with van der Waals surface area (Å²) >= 11 is -2.59. The van der Waals surface area contributed by atoms with Gasteiger partial charge in [0.15, 0.2) is 0 Å². The third-order valence-electron chi connectivity index (χ3n) is 6.42. The predicted molar refractivity (Wildman–Crippen MR) is 142 cm³/mol. The van der Waals surface area contributed by atoms with Crippen molar-refractivity contribution in [3.63, 3.8) is 0 Å². The predicted octanol–water partition coefficient (Wildman–Crippen LogP) is 8.45. The molecule has 2 nitrogen and oxygen atoms in total. The Kier molecular flexibility index (Phi) is 15.3. The molecule has 2 unspecified atom stereocenters. The van der Waals surface area contributed by atoms with Crippen molar-refractivity contribution >= 4 is 18.4 Å². The molecule has 0 fully saturated rings. The molecule has 0 amide bonds. The zero-order valence-electron chi connectivity index (χ0n) is 22.6. The number of aliphatic hydroxyl groups is 2. The first-order valence-corrected chi connectivity index (χ1v) is 20.9. The molecule has 0 bridgehead atoms. The molecule has 0 rings (SSSR count). The van der Waals surface area contributed by atoms with E-state index in [0.29, 0.717) is 11.8 Å². The van der Waals surface area contributed by atoms with Crippen LogP contribution in [-0.4, -0.2) is 39.8 Å². The molecule has 0 saturated carbocycles. The van der Waals surface area contributed by atoms with E-state index in [1.807, 2.05) is 19.9 Å².